The molecule has 188 valence electrons. The molecule has 0 N–H and O–H groups in total. The molecule has 0 radical (unpaired) electrons. The van der Waals surface area contributed by atoms with E-state index in [4.69, 9.17) is 0 Å². The molecule has 0 saturated carbocycles. The number of carbonyl (C=O) groups excluding carboxylic acids is 2. The molecule has 2 nitrogen and oxygen atoms in total. The van der Waals surface area contributed by atoms with E-state index in [0.717, 1.165) is 18.4 Å². The molecule has 0 bridgehead atoms. The lowest BCUT2D eigenvalue weighted by atomic mass is 9.98. The lowest BCUT2D eigenvalue weighted by Crippen LogP contribution is -2.02. The van der Waals surface area contributed by atoms with Crippen LogP contribution in [0.25, 0.3) is 6.08 Å². The number of Topliss-reactive ketones (excluding diaryl/α,β-unsaturated/α-hetero) is 1. The molecule has 0 heterocycles. The molecule has 0 amide bonds. The van der Waals surface area contributed by atoms with Crippen molar-refractivity contribution < 1.29 is 9.59 Å². The highest BCUT2D eigenvalue weighted by Crippen LogP contribution is 2.17. The van der Waals surface area contributed by atoms with Crippen LogP contribution in [0.3, 0.4) is 0 Å². The van der Waals surface area contributed by atoms with Crippen molar-refractivity contribution in [2.24, 2.45) is 0 Å². The number of hydrogen-bond acceptors (Lipinski definition) is 2. The summed E-state index contributed by atoms with van der Waals surface area (Å²) in [5.74, 6) is 0.111. The smallest absolute Gasteiger partial charge is 0.185 e. The molecule has 2 heteroatoms. The Kier molecular flexibility index (Phi) is 15.1. The molecule has 0 spiro atoms. The minimum Gasteiger partial charge on any atom is -0.294 e. The summed E-state index contributed by atoms with van der Waals surface area (Å²) in [5.41, 5.74) is 2.18. The van der Waals surface area contributed by atoms with Gasteiger partial charge in [0.2, 0.25) is 0 Å². The fourth-order valence-corrected chi connectivity index (χ4v) is 4.25. The van der Waals surface area contributed by atoms with Crippen molar-refractivity contribution in [1.29, 1.82) is 0 Å². The first kappa shape index (κ1) is 28.5. The van der Waals surface area contributed by atoms with E-state index in [-0.39, 0.29) is 11.6 Å². The summed E-state index contributed by atoms with van der Waals surface area (Å²) in [7, 11) is 0. The predicted molar refractivity (Wildman–Crippen MR) is 150 cm³/mol. The molecule has 0 aliphatic heterocycles. The van der Waals surface area contributed by atoms with Gasteiger partial charge in [-0.1, -0.05) is 131 Å². The maximum atomic E-state index is 12.8. The molecule has 0 aromatic heterocycles. The minimum atomic E-state index is -0.0508. The zero-order valence-electron chi connectivity index (χ0n) is 21.7. The number of carbonyl (C=O) groups is 2. The second kappa shape index (κ2) is 18.6. The van der Waals surface area contributed by atoms with Crippen molar-refractivity contribution in [3.63, 3.8) is 0 Å². The topological polar surface area (TPSA) is 34.1 Å². The molecule has 0 aliphatic carbocycles. The van der Waals surface area contributed by atoms with Crippen LogP contribution in [0.5, 0.6) is 0 Å². The van der Waals surface area contributed by atoms with Gasteiger partial charge in [-0.15, -0.1) is 0 Å². The number of rotatable bonds is 19. The quantitative estimate of drug-likeness (QED) is 0.0882. The summed E-state index contributed by atoms with van der Waals surface area (Å²) in [6.45, 7) is 2.26. The van der Waals surface area contributed by atoms with Gasteiger partial charge >= 0.3 is 0 Å². The highest BCUT2D eigenvalue weighted by molar-refractivity contribution is 6.08. The van der Waals surface area contributed by atoms with Crippen molar-refractivity contribution in [3.8, 4) is 0 Å². The highest BCUT2D eigenvalue weighted by atomic mass is 16.1. The summed E-state index contributed by atoms with van der Waals surface area (Å²) in [6.07, 6.45) is 24.9. The number of unbranched alkanes of at least 4 members (excludes halogenated alkanes) is 11. The molecular weight excluding hydrogens is 428 g/mol. The molecule has 0 unspecified atom stereocenters. The molecule has 0 fully saturated rings. The van der Waals surface area contributed by atoms with Crippen molar-refractivity contribution >= 4 is 17.6 Å². The van der Waals surface area contributed by atoms with E-state index in [1.165, 1.54) is 70.6 Å². The Morgan fingerprint density at radius 3 is 1.91 bits per heavy atom. The summed E-state index contributed by atoms with van der Waals surface area (Å²) in [5, 5.41) is 0. The van der Waals surface area contributed by atoms with Gasteiger partial charge in [0.05, 0.1) is 0 Å². The lowest BCUT2D eigenvalue weighted by Gasteiger charge is -2.06. The third-order valence-corrected chi connectivity index (χ3v) is 6.40. The van der Waals surface area contributed by atoms with Crippen molar-refractivity contribution in [3.05, 3.63) is 89.5 Å². The molecule has 2 aromatic carbocycles. The Hall–Kier alpha value is -2.74. The molecular formula is C33H44O2. The third kappa shape index (κ3) is 12.5. The Morgan fingerprint density at radius 1 is 0.657 bits per heavy atom. The summed E-state index contributed by atoms with van der Waals surface area (Å²) < 4.78 is 0. The number of ketones is 2. The van der Waals surface area contributed by atoms with Gasteiger partial charge < -0.3 is 0 Å². The van der Waals surface area contributed by atoms with Crippen LogP contribution >= 0.6 is 0 Å². The van der Waals surface area contributed by atoms with Crippen LogP contribution in [0.15, 0.2) is 72.8 Å². The number of allylic oxidation sites excluding steroid dienone is 3. The van der Waals surface area contributed by atoms with E-state index in [1.807, 2.05) is 42.5 Å². The van der Waals surface area contributed by atoms with Gasteiger partial charge in [-0.2, -0.15) is 0 Å². The highest BCUT2D eigenvalue weighted by Gasteiger charge is 2.09. The second-order valence-electron chi connectivity index (χ2n) is 9.41. The maximum absolute atomic E-state index is 12.8. The SMILES string of the molecule is CCCCCCCC/C=C\CCCCCCCC(=O)c1ccccc1C=CC(=O)c1ccccc1. The van der Waals surface area contributed by atoms with Crippen LogP contribution in [0.1, 0.15) is 123 Å². The van der Waals surface area contributed by atoms with Gasteiger partial charge in [-0.05, 0) is 43.7 Å². The van der Waals surface area contributed by atoms with Crippen molar-refractivity contribution in [1.82, 2.24) is 0 Å². The van der Waals surface area contributed by atoms with E-state index < -0.39 is 0 Å². The van der Waals surface area contributed by atoms with Crippen LogP contribution in [-0.4, -0.2) is 11.6 Å². The first-order chi connectivity index (χ1) is 17.2. The summed E-state index contributed by atoms with van der Waals surface area (Å²) in [4.78, 5) is 25.1. The Balaban J connectivity index is 1.59. The zero-order chi connectivity index (χ0) is 25.0. The van der Waals surface area contributed by atoms with Crippen LogP contribution in [-0.2, 0) is 0 Å². The van der Waals surface area contributed by atoms with Gasteiger partial charge in [0.1, 0.15) is 0 Å². The average molecular weight is 473 g/mol. The maximum Gasteiger partial charge on any atom is 0.185 e. The largest absolute Gasteiger partial charge is 0.294 e. The molecule has 2 rings (SSSR count). The number of hydrogen-bond donors (Lipinski definition) is 0. The minimum absolute atomic E-state index is 0.0508. The van der Waals surface area contributed by atoms with E-state index in [9.17, 15) is 9.59 Å². The molecule has 0 atom stereocenters. The normalized spacial score (nSPS) is 11.5. The van der Waals surface area contributed by atoms with Crippen molar-refractivity contribution in [2.45, 2.75) is 96.8 Å². The monoisotopic (exact) mass is 472 g/mol. The predicted octanol–water partition coefficient (Wildman–Crippen LogP) is 9.80. The van der Waals surface area contributed by atoms with Crippen LogP contribution in [0.4, 0.5) is 0 Å². The molecule has 2 aromatic rings. The van der Waals surface area contributed by atoms with E-state index in [0.29, 0.717) is 17.5 Å². The van der Waals surface area contributed by atoms with Gasteiger partial charge in [-0.3, -0.25) is 9.59 Å². The molecule has 0 saturated heterocycles. The van der Waals surface area contributed by atoms with E-state index in [1.54, 1.807) is 24.3 Å². The Morgan fingerprint density at radius 2 is 1.23 bits per heavy atom. The molecule has 35 heavy (non-hydrogen) atoms. The first-order valence-corrected chi connectivity index (χ1v) is 13.8. The van der Waals surface area contributed by atoms with Gasteiger partial charge in [0, 0.05) is 17.5 Å². The fraction of sp³-hybridized carbons (Fsp3) is 0.455. The average Bonchev–Trinajstić information content (AvgIpc) is 2.90. The summed E-state index contributed by atoms with van der Waals surface area (Å²) in [6, 6.07) is 16.8. The first-order valence-electron chi connectivity index (χ1n) is 13.8. The summed E-state index contributed by atoms with van der Waals surface area (Å²) >= 11 is 0. The number of benzene rings is 2. The van der Waals surface area contributed by atoms with Crippen LogP contribution in [0.2, 0.25) is 0 Å². The van der Waals surface area contributed by atoms with E-state index >= 15 is 0 Å². The Bertz CT molecular complexity index is 908. The fourth-order valence-electron chi connectivity index (χ4n) is 4.25. The van der Waals surface area contributed by atoms with Crippen molar-refractivity contribution in [2.75, 3.05) is 0 Å². The van der Waals surface area contributed by atoms with Gasteiger partial charge in [0.15, 0.2) is 11.6 Å². The molecule has 0 aliphatic rings. The third-order valence-electron chi connectivity index (χ3n) is 6.40. The van der Waals surface area contributed by atoms with E-state index in [2.05, 4.69) is 19.1 Å². The standard InChI is InChI=1S/C33H44O2/c1-2-3-4-5-6-7-8-9-10-11-12-13-14-15-19-26-33(35)31-25-21-20-22-29(31)27-28-32(34)30-23-17-16-18-24-30/h9-10,16-18,20-25,27-28H,2-8,11-15,19,26H2,1H3/b10-9-,28-27?. The lowest BCUT2D eigenvalue weighted by molar-refractivity contribution is 0.0977. The van der Waals surface area contributed by atoms with Gasteiger partial charge in [0.25, 0.3) is 0 Å². The van der Waals surface area contributed by atoms with Crippen LogP contribution < -0.4 is 0 Å². The zero-order valence-corrected chi connectivity index (χ0v) is 21.7. The second-order valence-corrected chi connectivity index (χ2v) is 9.41. The Labute approximate surface area is 213 Å². The van der Waals surface area contributed by atoms with Crippen LogP contribution in [0, 0.1) is 0 Å². The van der Waals surface area contributed by atoms with Gasteiger partial charge in [-0.25, -0.2) is 0 Å².